The summed E-state index contributed by atoms with van der Waals surface area (Å²) in [5.74, 6) is 0.495. The summed E-state index contributed by atoms with van der Waals surface area (Å²) < 4.78 is 35.2. The minimum atomic E-state index is -3.81. The molecule has 1 unspecified atom stereocenters. The van der Waals surface area contributed by atoms with Crippen LogP contribution >= 0.6 is 11.6 Å². The number of aryl methyl sites for hydroxylation is 2. The molecule has 2 fully saturated rings. The molecule has 8 heteroatoms. The molecule has 2 aliphatic carbocycles. The number of rotatable bonds is 0. The predicted octanol–water partition coefficient (Wildman–Crippen LogP) is 6.43. The summed E-state index contributed by atoms with van der Waals surface area (Å²) in [7, 11) is -3.81. The molecular weight excluding hydrogens is 568 g/mol. The van der Waals surface area contributed by atoms with Gasteiger partial charge in [-0.2, -0.15) is 0 Å². The van der Waals surface area contributed by atoms with E-state index in [-0.39, 0.29) is 16.9 Å². The van der Waals surface area contributed by atoms with Gasteiger partial charge in [0.15, 0.2) is 0 Å². The minimum Gasteiger partial charge on any atom is -0.370 e. The van der Waals surface area contributed by atoms with E-state index in [1.54, 1.807) is 6.92 Å². The zero-order chi connectivity index (χ0) is 29.3. The number of carbonyl (C=O) groups is 1. The number of anilines is 1. The Morgan fingerprint density at radius 1 is 0.976 bits per heavy atom. The molecule has 0 radical (unpaired) electrons. The van der Waals surface area contributed by atoms with Gasteiger partial charge in [0.05, 0.1) is 17.5 Å². The Hall–Kier alpha value is -2.09. The molecule has 2 aromatic rings. The summed E-state index contributed by atoms with van der Waals surface area (Å²) in [6, 6.07) is 12.3. The highest BCUT2D eigenvalue weighted by molar-refractivity contribution is 7.90. The molecule has 2 bridgehead atoms. The van der Waals surface area contributed by atoms with Crippen molar-refractivity contribution in [3.05, 3.63) is 63.7 Å². The molecule has 226 valence electrons. The fraction of sp³-hybridized carbons (Fsp3) is 0.618. The Balaban J connectivity index is 1.30. The van der Waals surface area contributed by atoms with Gasteiger partial charge < -0.3 is 9.64 Å². The quantitative estimate of drug-likeness (QED) is 0.348. The van der Waals surface area contributed by atoms with Crippen LogP contribution in [0, 0.1) is 17.8 Å². The molecule has 3 heterocycles. The van der Waals surface area contributed by atoms with Crippen molar-refractivity contribution in [3.8, 4) is 0 Å². The van der Waals surface area contributed by atoms with Crippen LogP contribution in [-0.4, -0.2) is 44.9 Å². The summed E-state index contributed by atoms with van der Waals surface area (Å²) in [5.41, 5.74) is 5.51. The van der Waals surface area contributed by atoms with E-state index < -0.39 is 21.2 Å². The molecule has 3 aliphatic heterocycles. The van der Waals surface area contributed by atoms with Crippen LogP contribution in [0.5, 0.6) is 0 Å². The number of sulfonamides is 1. The highest BCUT2D eigenvalue weighted by atomic mass is 35.5. The standard InChI is InChI=1S/C34H43ClN2O4S/c1-22-5-3-15-34(21-41-34)30-11-9-27(30)19-37-20-33(14-4-6-25-17-28(35)10-12-29(25)33)16-13-24-7-8-26(18-31(24)37)32(38)36-42(39,40)23(22)2/h7-8,10,12,17-18,22-23,27,30H,3-6,9,11,13-16,19-21H2,1-2H3,(H,36,38)/t22-,23+,27-,30+,33+,34?/m0/s1. The maximum atomic E-state index is 13.4. The van der Waals surface area contributed by atoms with Gasteiger partial charge in [0, 0.05) is 34.8 Å². The van der Waals surface area contributed by atoms with Crippen LogP contribution in [0.15, 0.2) is 36.4 Å². The van der Waals surface area contributed by atoms with Gasteiger partial charge in [-0.15, -0.1) is 0 Å². The Kier molecular flexibility index (Phi) is 7.18. The number of amides is 1. The van der Waals surface area contributed by atoms with E-state index in [2.05, 4.69) is 27.8 Å². The van der Waals surface area contributed by atoms with Crippen LogP contribution in [0.4, 0.5) is 5.69 Å². The minimum absolute atomic E-state index is 0.0162. The first kappa shape index (κ1) is 28.7. The number of ether oxygens (including phenoxy) is 1. The average molecular weight is 611 g/mol. The van der Waals surface area contributed by atoms with E-state index in [0.29, 0.717) is 17.4 Å². The van der Waals surface area contributed by atoms with E-state index in [0.717, 1.165) is 81.8 Å². The third-order valence-electron chi connectivity index (χ3n) is 11.6. The summed E-state index contributed by atoms with van der Waals surface area (Å²) in [6.45, 7) is 6.36. The topological polar surface area (TPSA) is 79.0 Å². The number of benzene rings is 2. The Labute approximate surface area is 255 Å². The SMILES string of the molecule is C[C@@H]1[C@@H](C)CCCC2(CO2)[C@@H]2CC[C@H]2CN2C[C@@]3(CCCc4cc(Cl)ccc43)CCc3ccc(cc32)C(=O)NS1(=O)=O. The Morgan fingerprint density at radius 2 is 1.81 bits per heavy atom. The van der Waals surface area contributed by atoms with Crippen LogP contribution in [-0.2, 0) is 33.0 Å². The number of nitrogens with one attached hydrogen (secondary N) is 1. The molecular formula is C34H43ClN2O4S. The fourth-order valence-corrected chi connectivity index (χ4v) is 10.2. The smallest absolute Gasteiger partial charge is 0.264 e. The molecule has 7 rings (SSSR count). The van der Waals surface area contributed by atoms with Crippen molar-refractivity contribution < 1.29 is 17.9 Å². The maximum absolute atomic E-state index is 13.4. The molecule has 1 amide bonds. The summed E-state index contributed by atoms with van der Waals surface area (Å²) >= 11 is 6.44. The third kappa shape index (κ3) is 4.97. The number of carbonyl (C=O) groups excluding carboxylic acids is 1. The van der Waals surface area contributed by atoms with Gasteiger partial charge >= 0.3 is 0 Å². The number of hydrogen-bond donors (Lipinski definition) is 1. The van der Waals surface area contributed by atoms with E-state index in [9.17, 15) is 13.2 Å². The van der Waals surface area contributed by atoms with Crippen molar-refractivity contribution >= 4 is 33.2 Å². The van der Waals surface area contributed by atoms with Gasteiger partial charge in [0.2, 0.25) is 10.0 Å². The Bertz CT molecular complexity index is 1500. The third-order valence-corrected chi connectivity index (χ3v) is 13.8. The molecule has 42 heavy (non-hydrogen) atoms. The summed E-state index contributed by atoms with van der Waals surface area (Å²) in [6.07, 6.45) is 10.4. The second-order valence-electron chi connectivity index (χ2n) is 14.0. The number of hydrogen-bond acceptors (Lipinski definition) is 5. The van der Waals surface area contributed by atoms with Gasteiger partial charge in [0.25, 0.3) is 5.91 Å². The van der Waals surface area contributed by atoms with Crippen molar-refractivity contribution in [2.45, 2.75) is 94.3 Å². The molecule has 2 aromatic carbocycles. The van der Waals surface area contributed by atoms with Gasteiger partial charge in [-0.05, 0) is 123 Å². The lowest BCUT2D eigenvalue weighted by molar-refractivity contribution is 0.0643. The molecule has 1 saturated heterocycles. The maximum Gasteiger partial charge on any atom is 0.264 e. The average Bonchev–Trinajstić information content (AvgIpc) is 3.73. The molecule has 5 aliphatic rings. The van der Waals surface area contributed by atoms with E-state index in [4.69, 9.17) is 16.3 Å². The predicted molar refractivity (Wildman–Crippen MR) is 167 cm³/mol. The normalized spacial score (nSPS) is 35.9. The van der Waals surface area contributed by atoms with E-state index in [1.807, 2.05) is 25.1 Å². The van der Waals surface area contributed by atoms with Crippen molar-refractivity contribution in [3.63, 3.8) is 0 Å². The lowest BCUT2D eigenvalue weighted by atomic mass is 9.64. The lowest BCUT2D eigenvalue weighted by Gasteiger charge is -2.47. The van der Waals surface area contributed by atoms with Gasteiger partial charge in [-0.3, -0.25) is 4.79 Å². The summed E-state index contributed by atoms with van der Waals surface area (Å²) in [5, 5.41) is 0.146. The molecule has 2 spiro atoms. The lowest BCUT2D eigenvalue weighted by Crippen LogP contribution is -2.49. The first-order chi connectivity index (χ1) is 20.1. The highest BCUT2D eigenvalue weighted by Gasteiger charge is 2.57. The fourth-order valence-electron chi connectivity index (χ4n) is 8.68. The van der Waals surface area contributed by atoms with E-state index >= 15 is 0 Å². The van der Waals surface area contributed by atoms with Crippen molar-refractivity contribution in [1.82, 2.24) is 4.72 Å². The monoisotopic (exact) mass is 610 g/mol. The van der Waals surface area contributed by atoms with Crippen molar-refractivity contribution in [2.75, 3.05) is 24.6 Å². The zero-order valence-corrected chi connectivity index (χ0v) is 26.4. The van der Waals surface area contributed by atoms with Crippen molar-refractivity contribution in [1.29, 1.82) is 0 Å². The van der Waals surface area contributed by atoms with Crippen molar-refractivity contribution in [2.24, 2.45) is 17.8 Å². The second-order valence-corrected chi connectivity index (χ2v) is 16.5. The summed E-state index contributed by atoms with van der Waals surface area (Å²) in [4.78, 5) is 16.0. The van der Waals surface area contributed by atoms with Crippen LogP contribution < -0.4 is 9.62 Å². The highest BCUT2D eigenvalue weighted by Crippen LogP contribution is 2.54. The first-order valence-corrected chi connectivity index (χ1v) is 17.9. The molecule has 6 atom stereocenters. The van der Waals surface area contributed by atoms with E-state index in [1.165, 1.54) is 29.5 Å². The van der Waals surface area contributed by atoms with Gasteiger partial charge in [0.1, 0.15) is 0 Å². The van der Waals surface area contributed by atoms with Crippen LogP contribution in [0.1, 0.15) is 92.3 Å². The number of fused-ring (bicyclic) bond motifs is 5. The van der Waals surface area contributed by atoms with Crippen LogP contribution in [0.3, 0.4) is 0 Å². The zero-order valence-electron chi connectivity index (χ0n) is 24.8. The second kappa shape index (κ2) is 10.5. The number of epoxide rings is 1. The molecule has 1 saturated carbocycles. The number of halogens is 1. The first-order valence-electron chi connectivity index (χ1n) is 16.0. The molecule has 6 nitrogen and oxygen atoms in total. The Morgan fingerprint density at radius 3 is 2.57 bits per heavy atom. The van der Waals surface area contributed by atoms with Gasteiger partial charge in [-0.1, -0.05) is 37.1 Å². The largest absolute Gasteiger partial charge is 0.370 e. The molecule has 0 aromatic heterocycles. The van der Waals surface area contributed by atoms with Crippen LogP contribution in [0.25, 0.3) is 0 Å². The molecule has 1 N–H and O–H groups in total. The number of nitrogens with zero attached hydrogens (tertiary/aromatic N) is 1. The van der Waals surface area contributed by atoms with Gasteiger partial charge in [-0.25, -0.2) is 13.1 Å². The van der Waals surface area contributed by atoms with Crippen LogP contribution in [0.2, 0.25) is 5.02 Å².